The van der Waals surface area contributed by atoms with Gasteiger partial charge in [-0.05, 0) is 64.0 Å². The zero-order chi connectivity index (χ0) is 14.3. The molecule has 3 rings (SSSR count). The van der Waals surface area contributed by atoms with Crippen LogP contribution in [-0.4, -0.2) is 8.42 Å². The van der Waals surface area contributed by atoms with Gasteiger partial charge in [-0.3, -0.25) is 4.72 Å². The number of sulfonamides is 1. The monoisotopic (exact) mass is 387 g/mol. The second-order valence-corrected chi connectivity index (χ2v) is 9.48. The van der Waals surface area contributed by atoms with E-state index in [1.54, 1.807) is 30.4 Å². The molecule has 0 unspecified atom stereocenters. The smallest absolute Gasteiger partial charge is 0.263 e. The first-order valence-corrected chi connectivity index (χ1v) is 9.69. The molecule has 0 saturated heterocycles. The van der Waals surface area contributed by atoms with E-state index in [9.17, 15) is 8.42 Å². The Morgan fingerprint density at radius 1 is 1.20 bits per heavy atom. The number of thiophene rings is 2. The van der Waals surface area contributed by atoms with Crippen LogP contribution in [0.25, 0.3) is 10.1 Å². The van der Waals surface area contributed by atoms with E-state index in [0.29, 0.717) is 10.6 Å². The molecule has 0 aliphatic carbocycles. The van der Waals surface area contributed by atoms with Gasteiger partial charge in [-0.2, -0.15) is 0 Å². The summed E-state index contributed by atoms with van der Waals surface area (Å²) < 4.78 is 29.4. The maximum absolute atomic E-state index is 12.4. The first-order chi connectivity index (χ1) is 9.45. The molecular formula is C13H10BrNO2S3. The van der Waals surface area contributed by atoms with Crippen molar-refractivity contribution >= 4 is 64.4 Å². The number of halogens is 1. The van der Waals surface area contributed by atoms with Gasteiger partial charge in [0.15, 0.2) is 0 Å². The molecule has 0 saturated carbocycles. The van der Waals surface area contributed by atoms with E-state index in [2.05, 4.69) is 20.7 Å². The maximum atomic E-state index is 12.4. The molecule has 2 heterocycles. The van der Waals surface area contributed by atoms with Gasteiger partial charge in [0.25, 0.3) is 10.0 Å². The maximum Gasteiger partial charge on any atom is 0.263 e. The summed E-state index contributed by atoms with van der Waals surface area (Å²) >= 11 is 6.36. The van der Waals surface area contributed by atoms with Crippen LogP contribution in [0.2, 0.25) is 0 Å². The lowest BCUT2D eigenvalue weighted by atomic mass is 10.2. The molecule has 20 heavy (non-hydrogen) atoms. The third-order valence-corrected chi connectivity index (χ3v) is 6.92. The number of aryl methyl sites for hydroxylation is 1. The third kappa shape index (κ3) is 2.63. The molecule has 3 nitrogen and oxygen atoms in total. The van der Waals surface area contributed by atoms with Crippen LogP contribution in [0.5, 0.6) is 0 Å². The summed E-state index contributed by atoms with van der Waals surface area (Å²) in [7, 11) is -3.54. The van der Waals surface area contributed by atoms with E-state index in [0.717, 1.165) is 18.7 Å². The van der Waals surface area contributed by atoms with Gasteiger partial charge >= 0.3 is 0 Å². The van der Waals surface area contributed by atoms with Gasteiger partial charge in [0.2, 0.25) is 0 Å². The van der Waals surface area contributed by atoms with Crippen molar-refractivity contribution in [3.8, 4) is 0 Å². The summed E-state index contributed by atoms with van der Waals surface area (Å²) in [5.41, 5.74) is 0.581. The molecule has 0 amide bonds. The topological polar surface area (TPSA) is 46.2 Å². The summed E-state index contributed by atoms with van der Waals surface area (Å²) in [6, 6.07) is 9.16. The number of nitrogens with one attached hydrogen (secondary N) is 1. The zero-order valence-electron chi connectivity index (χ0n) is 10.4. The van der Waals surface area contributed by atoms with Gasteiger partial charge in [0.05, 0.1) is 3.79 Å². The molecular weight excluding hydrogens is 378 g/mol. The third-order valence-electron chi connectivity index (χ3n) is 2.84. The highest BCUT2D eigenvalue weighted by molar-refractivity contribution is 9.11. The predicted molar refractivity (Wildman–Crippen MR) is 89.4 cm³/mol. The number of fused-ring (bicyclic) bond motifs is 1. The molecule has 104 valence electrons. The van der Waals surface area contributed by atoms with Crippen LogP contribution in [0.15, 0.2) is 44.4 Å². The Bertz CT molecular complexity index is 880. The highest BCUT2D eigenvalue weighted by Gasteiger charge is 2.19. The van der Waals surface area contributed by atoms with Crippen LogP contribution in [0.4, 0.5) is 5.69 Å². The Morgan fingerprint density at radius 2 is 2.00 bits per heavy atom. The molecule has 0 aliphatic rings. The average Bonchev–Trinajstić information content (AvgIpc) is 2.94. The molecule has 0 bridgehead atoms. The van der Waals surface area contributed by atoms with Crippen LogP contribution in [0, 0.1) is 6.92 Å². The van der Waals surface area contributed by atoms with Crippen molar-refractivity contribution in [2.45, 2.75) is 11.8 Å². The fraction of sp³-hybridized carbons (Fsp3) is 0.0769. The van der Waals surface area contributed by atoms with Crippen molar-refractivity contribution in [2.24, 2.45) is 0 Å². The number of hydrogen-bond donors (Lipinski definition) is 1. The lowest BCUT2D eigenvalue weighted by Gasteiger charge is -2.07. The first kappa shape index (κ1) is 14.1. The lowest BCUT2D eigenvalue weighted by molar-refractivity contribution is 0.601. The predicted octanol–water partition coefficient (Wildman–Crippen LogP) is 4.83. The van der Waals surface area contributed by atoms with Gasteiger partial charge in [-0.1, -0.05) is 0 Å². The number of hydrogen-bond acceptors (Lipinski definition) is 4. The number of rotatable bonds is 3. The van der Waals surface area contributed by atoms with Crippen LogP contribution in [-0.2, 0) is 10.0 Å². The lowest BCUT2D eigenvalue weighted by Crippen LogP contribution is -2.12. The van der Waals surface area contributed by atoms with Gasteiger partial charge in [-0.25, -0.2) is 8.42 Å². The fourth-order valence-electron chi connectivity index (χ4n) is 1.94. The Labute approximate surface area is 133 Å². The van der Waals surface area contributed by atoms with Crippen molar-refractivity contribution in [3.05, 3.63) is 44.4 Å². The second-order valence-electron chi connectivity index (χ2n) is 4.25. The average molecular weight is 388 g/mol. The molecule has 3 aromatic rings. The summed E-state index contributed by atoms with van der Waals surface area (Å²) in [5.74, 6) is 0. The molecule has 0 fully saturated rings. The van der Waals surface area contributed by atoms with Crippen LogP contribution in [0.3, 0.4) is 0 Å². The van der Waals surface area contributed by atoms with Gasteiger partial charge < -0.3 is 0 Å². The highest BCUT2D eigenvalue weighted by atomic mass is 79.9. The molecule has 0 spiro atoms. The minimum atomic E-state index is -3.54. The standard InChI is InChI=1S/C13H10BrNO2S3/c1-8-12(7-13(14)19-8)20(16,17)15-10-2-3-11-9(6-10)4-5-18-11/h2-7,15H,1H3. The Kier molecular flexibility index (Phi) is 3.62. The minimum Gasteiger partial charge on any atom is -0.280 e. The van der Waals surface area contributed by atoms with E-state index < -0.39 is 10.0 Å². The highest BCUT2D eigenvalue weighted by Crippen LogP contribution is 2.31. The van der Waals surface area contributed by atoms with E-state index >= 15 is 0 Å². The van der Waals surface area contributed by atoms with E-state index in [4.69, 9.17) is 0 Å². The molecule has 7 heteroatoms. The zero-order valence-corrected chi connectivity index (χ0v) is 14.4. The van der Waals surface area contributed by atoms with Gasteiger partial charge in [-0.15, -0.1) is 22.7 Å². The van der Waals surface area contributed by atoms with Crippen molar-refractivity contribution < 1.29 is 8.42 Å². The summed E-state index contributed by atoms with van der Waals surface area (Å²) in [6.45, 7) is 1.80. The van der Waals surface area contributed by atoms with E-state index in [1.807, 2.05) is 23.6 Å². The SMILES string of the molecule is Cc1sc(Br)cc1S(=O)(=O)Nc1ccc2sccc2c1. The fourth-order valence-corrected chi connectivity index (χ4v) is 6.17. The minimum absolute atomic E-state index is 0.319. The Hall–Kier alpha value is -0.890. The second kappa shape index (κ2) is 5.14. The van der Waals surface area contributed by atoms with Crippen molar-refractivity contribution in [3.63, 3.8) is 0 Å². The number of anilines is 1. The molecule has 1 aromatic carbocycles. The van der Waals surface area contributed by atoms with Crippen LogP contribution in [0.1, 0.15) is 4.88 Å². The molecule has 0 radical (unpaired) electrons. The molecule has 1 N–H and O–H groups in total. The molecule has 0 aliphatic heterocycles. The van der Waals surface area contributed by atoms with Gasteiger partial charge in [0.1, 0.15) is 4.90 Å². The molecule has 0 atom stereocenters. The summed E-state index contributed by atoms with van der Waals surface area (Å²) in [6.07, 6.45) is 0. The van der Waals surface area contributed by atoms with Crippen molar-refractivity contribution in [1.82, 2.24) is 0 Å². The van der Waals surface area contributed by atoms with Gasteiger partial charge in [0, 0.05) is 15.3 Å². The normalized spacial score (nSPS) is 11.9. The first-order valence-electron chi connectivity index (χ1n) is 5.72. The largest absolute Gasteiger partial charge is 0.280 e. The van der Waals surface area contributed by atoms with Crippen LogP contribution < -0.4 is 4.72 Å². The van der Waals surface area contributed by atoms with E-state index in [1.165, 1.54) is 11.3 Å². The van der Waals surface area contributed by atoms with Crippen molar-refractivity contribution in [1.29, 1.82) is 0 Å². The summed E-state index contributed by atoms with van der Waals surface area (Å²) in [5, 5.41) is 3.03. The van der Waals surface area contributed by atoms with Crippen LogP contribution >= 0.6 is 38.6 Å². The quantitative estimate of drug-likeness (QED) is 0.698. The summed E-state index contributed by atoms with van der Waals surface area (Å²) in [4.78, 5) is 1.08. The number of benzene rings is 1. The Balaban J connectivity index is 1.98. The van der Waals surface area contributed by atoms with E-state index in [-0.39, 0.29) is 0 Å². The molecule has 2 aromatic heterocycles. The van der Waals surface area contributed by atoms with Crippen molar-refractivity contribution in [2.75, 3.05) is 4.72 Å². The Morgan fingerprint density at radius 3 is 2.70 bits per heavy atom.